The number of benzene rings is 2. The molecule has 1 aliphatic rings. The highest BCUT2D eigenvalue weighted by Crippen LogP contribution is 2.37. The molecule has 0 saturated carbocycles. The van der Waals surface area contributed by atoms with Gasteiger partial charge in [0, 0.05) is 18.1 Å². The van der Waals surface area contributed by atoms with Crippen LogP contribution in [-0.2, 0) is 19.3 Å². The molecule has 0 fully saturated rings. The van der Waals surface area contributed by atoms with Crippen molar-refractivity contribution >= 4 is 0 Å². The Labute approximate surface area is 125 Å². The summed E-state index contributed by atoms with van der Waals surface area (Å²) in [6.07, 6.45) is 2.77. The molecule has 1 atom stereocenters. The number of hydrogen-bond acceptors (Lipinski definition) is 2. The highest BCUT2D eigenvalue weighted by molar-refractivity contribution is 5.50. The number of hydrogen-bond donors (Lipinski definition) is 1. The largest absolute Gasteiger partial charge is 0.508 e. The molecular weight excluding hydrogens is 260 g/mol. The second-order valence-electron chi connectivity index (χ2n) is 5.72. The Kier molecular flexibility index (Phi) is 3.70. The zero-order valence-electron chi connectivity index (χ0n) is 12.3. The predicted molar refractivity (Wildman–Crippen MR) is 84.9 cm³/mol. The number of ether oxygens (including phenoxy) is 1. The van der Waals surface area contributed by atoms with Crippen LogP contribution in [0.3, 0.4) is 0 Å². The highest BCUT2D eigenvalue weighted by Gasteiger charge is 2.26. The molecule has 2 heteroatoms. The van der Waals surface area contributed by atoms with Gasteiger partial charge in [0.25, 0.3) is 0 Å². The third-order valence-electron chi connectivity index (χ3n) is 4.02. The van der Waals surface area contributed by atoms with E-state index in [1.54, 1.807) is 6.07 Å². The summed E-state index contributed by atoms with van der Waals surface area (Å²) in [5.74, 6) is 1.09. The van der Waals surface area contributed by atoms with Crippen molar-refractivity contribution in [3.05, 3.63) is 71.3 Å². The Morgan fingerprint density at radius 3 is 2.71 bits per heavy atom. The van der Waals surface area contributed by atoms with Crippen LogP contribution in [0, 0.1) is 0 Å². The number of phenolic OH excluding ortho intramolecular Hbond substituents is 1. The zero-order chi connectivity index (χ0) is 14.8. The van der Waals surface area contributed by atoms with E-state index >= 15 is 0 Å². The Morgan fingerprint density at radius 2 is 2.00 bits per heavy atom. The van der Waals surface area contributed by atoms with Crippen LogP contribution in [0.25, 0.3) is 0 Å². The molecule has 2 aromatic rings. The second kappa shape index (κ2) is 5.65. The van der Waals surface area contributed by atoms with E-state index in [0.29, 0.717) is 0 Å². The topological polar surface area (TPSA) is 29.5 Å². The van der Waals surface area contributed by atoms with Gasteiger partial charge in [0.05, 0.1) is 0 Å². The van der Waals surface area contributed by atoms with E-state index in [4.69, 9.17) is 4.74 Å². The van der Waals surface area contributed by atoms with Crippen LogP contribution in [0.15, 0.2) is 54.6 Å². The van der Waals surface area contributed by atoms with Crippen LogP contribution in [0.2, 0.25) is 0 Å². The summed E-state index contributed by atoms with van der Waals surface area (Å²) in [5.41, 5.74) is 4.74. The van der Waals surface area contributed by atoms with Crippen molar-refractivity contribution in [2.45, 2.75) is 32.3 Å². The third kappa shape index (κ3) is 2.94. The monoisotopic (exact) mass is 280 g/mol. The average Bonchev–Trinajstić information content (AvgIpc) is 2.90. The van der Waals surface area contributed by atoms with Gasteiger partial charge < -0.3 is 9.84 Å². The Morgan fingerprint density at radius 1 is 1.24 bits per heavy atom. The van der Waals surface area contributed by atoms with Crippen molar-refractivity contribution in [3.63, 3.8) is 0 Å². The maximum atomic E-state index is 9.90. The van der Waals surface area contributed by atoms with Crippen molar-refractivity contribution < 1.29 is 9.84 Å². The Bertz CT molecular complexity index is 659. The van der Waals surface area contributed by atoms with Crippen LogP contribution in [0.4, 0.5) is 0 Å². The van der Waals surface area contributed by atoms with Gasteiger partial charge >= 0.3 is 0 Å². The molecule has 0 unspecified atom stereocenters. The summed E-state index contributed by atoms with van der Waals surface area (Å²) in [6, 6.07) is 14.0. The second-order valence-corrected chi connectivity index (χ2v) is 5.72. The van der Waals surface area contributed by atoms with Gasteiger partial charge in [-0.3, -0.25) is 0 Å². The number of fused-ring (bicyclic) bond motifs is 1. The molecule has 0 amide bonds. The van der Waals surface area contributed by atoms with Gasteiger partial charge in [0.2, 0.25) is 0 Å². The zero-order valence-corrected chi connectivity index (χ0v) is 12.3. The minimum atomic E-state index is 0.0391. The summed E-state index contributed by atoms with van der Waals surface area (Å²) < 4.78 is 5.88. The van der Waals surface area contributed by atoms with Crippen molar-refractivity contribution in [1.82, 2.24) is 0 Å². The lowest BCUT2D eigenvalue weighted by atomic mass is 9.96. The van der Waals surface area contributed by atoms with Gasteiger partial charge in [0.1, 0.15) is 17.6 Å². The van der Waals surface area contributed by atoms with E-state index in [9.17, 15) is 5.11 Å². The van der Waals surface area contributed by atoms with E-state index in [1.165, 1.54) is 16.7 Å². The predicted octanol–water partition coefficient (Wildman–Crippen LogP) is 4.06. The molecular formula is C19H20O2. The first-order valence-electron chi connectivity index (χ1n) is 7.34. The first kappa shape index (κ1) is 13.7. The average molecular weight is 280 g/mol. The lowest BCUT2D eigenvalue weighted by Crippen LogP contribution is -2.13. The summed E-state index contributed by atoms with van der Waals surface area (Å²) in [7, 11) is 0. The van der Waals surface area contributed by atoms with Crippen LogP contribution < -0.4 is 4.74 Å². The van der Waals surface area contributed by atoms with Gasteiger partial charge in [-0.25, -0.2) is 0 Å². The number of phenols is 1. The SMILES string of the molecule is C=C(C)[C@H]1Cc2c(CCc3ccccc3)cc(O)cc2O1. The standard InChI is InChI=1S/C19H20O2/c1-13(2)18-12-17-15(10-16(20)11-19(17)21-18)9-8-14-6-4-3-5-7-14/h3-7,10-11,18,20H,1,8-9,12H2,2H3/t18-/m1/s1. The molecule has 108 valence electrons. The Hall–Kier alpha value is -2.22. The quantitative estimate of drug-likeness (QED) is 0.856. The normalized spacial score (nSPS) is 16.3. The van der Waals surface area contributed by atoms with Crippen LogP contribution >= 0.6 is 0 Å². The van der Waals surface area contributed by atoms with Crippen molar-refractivity contribution in [3.8, 4) is 11.5 Å². The summed E-state index contributed by atoms with van der Waals surface area (Å²) in [6.45, 7) is 5.96. The molecule has 0 bridgehead atoms. The fraction of sp³-hybridized carbons (Fsp3) is 0.263. The highest BCUT2D eigenvalue weighted by atomic mass is 16.5. The molecule has 2 aromatic carbocycles. The number of aromatic hydroxyl groups is 1. The van der Waals surface area contributed by atoms with Crippen molar-refractivity contribution in [2.24, 2.45) is 0 Å². The van der Waals surface area contributed by atoms with Crippen molar-refractivity contribution in [1.29, 1.82) is 0 Å². The molecule has 0 radical (unpaired) electrons. The minimum Gasteiger partial charge on any atom is -0.508 e. The molecule has 2 nitrogen and oxygen atoms in total. The smallest absolute Gasteiger partial charge is 0.127 e. The van der Waals surface area contributed by atoms with E-state index in [-0.39, 0.29) is 11.9 Å². The molecule has 0 aromatic heterocycles. The molecule has 21 heavy (non-hydrogen) atoms. The minimum absolute atomic E-state index is 0.0391. The van der Waals surface area contributed by atoms with Gasteiger partial charge in [-0.05, 0) is 42.5 Å². The molecule has 0 spiro atoms. The summed E-state index contributed by atoms with van der Waals surface area (Å²) >= 11 is 0. The molecule has 1 N–H and O–H groups in total. The fourth-order valence-electron chi connectivity index (χ4n) is 2.83. The third-order valence-corrected chi connectivity index (χ3v) is 4.02. The first-order chi connectivity index (χ1) is 10.1. The van der Waals surface area contributed by atoms with Gasteiger partial charge in [-0.15, -0.1) is 0 Å². The number of rotatable bonds is 4. The van der Waals surface area contributed by atoms with Crippen LogP contribution in [-0.4, -0.2) is 11.2 Å². The lowest BCUT2D eigenvalue weighted by molar-refractivity contribution is 0.270. The van der Waals surface area contributed by atoms with Gasteiger partial charge in [0.15, 0.2) is 0 Å². The Balaban J connectivity index is 1.82. The maximum absolute atomic E-state index is 9.90. The lowest BCUT2D eigenvalue weighted by Gasteiger charge is -2.09. The van der Waals surface area contributed by atoms with Gasteiger partial charge in [-0.2, -0.15) is 0 Å². The van der Waals surface area contributed by atoms with E-state index in [0.717, 1.165) is 30.6 Å². The molecule has 3 rings (SSSR count). The molecule has 0 saturated heterocycles. The summed E-state index contributed by atoms with van der Waals surface area (Å²) in [4.78, 5) is 0. The van der Waals surface area contributed by atoms with E-state index in [2.05, 4.69) is 30.8 Å². The van der Waals surface area contributed by atoms with Crippen LogP contribution in [0.1, 0.15) is 23.6 Å². The molecule has 1 heterocycles. The maximum Gasteiger partial charge on any atom is 0.127 e. The van der Waals surface area contributed by atoms with Crippen molar-refractivity contribution in [2.75, 3.05) is 0 Å². The summed E-state index contributed by atoms with van der Waals surface area (Å²) in [5, 5.41) is 9.90. The molecule has 1 aliphatic heterocycles. The van der Waals surface area contributed by atoms with Crippen LogP contribution in [0.5, 0.6) is 11.5 Å². The fourth-order valence-corrected chi connectivity index (χ4v) is 2.83. The van der Waals surface area contributed by atoms with E-state index in [1.807, 2.05) is 19.1 Å². The number of aryl methyl sites for hydroxylation is 2. The first-order valence-corrected chi connectivity index (χ1v) is 7.34. The molecule has 0 aliphatic carbocycles. The van der Waals surface area contributed by atoms with Gasteiger partial charge in [-0.1, -0.05) is 36.9 Å². The van der Waals surface area contributed by atoms with E-state index < -0.39 is 0 Å².